The van der Waals surface area contributed by atoms with Gasteiger partial charge in [-0.1, -0.05) is 12.8 Å². The largest absolute Gasteiger partial charge is 0.468 e. The number of nitrogens with one attached hydrogen (secondary N) is 1. The van der Waals surface area contributed by atoms with Crippen molar-refractivity contribution in [2.75, 3.05) is 20.3 Å². The highest BCUT2D eigenvalue weighted by atomic mass is 16.5. The van der Waals surface area contributed by atoms with Crippen molar-refractivity contribution < 1.29 is 14.3 Å². The zero-order valence-corrected chi connectivity index (χ0v) is 13.5. The summed E-state index contributed by atoms with van der Waals surface area (Å²) in [6.45, 7) is 7.70. The van der Waals surface area contributed by atoms with Crippen LogP contribution < -0.4 is 5.32 Å². The third-order valence-electron chi connectivity index (χ3n) is 3.83. The Morgan fingerprint density at radius 2 is 2.00 bits per heavy atom. The van der Waals surface area contributed by atoms with Gasteiger partial charge in [-0.3, -0.25) is 10.1 Å². The van der Waals surface area contributed by atoms with Crippen molar-refractivity contribution in [2.45, 2.75) is 70.9 Å². The van der Waals surface area contributed by atoms with Gasteiger partial charge in [-0.15, -0.1) is 0 Å². The van der Waals surface area contributed by atoms with Gasteiger partial charge in [0, 0.05) is 19.3 Å². The lowest BCUT2D eigenvalue weighted by Crippen LogP contribution is -2.52. The maximum atomic E-state index is 11.9. The van der Waals surface area contributed by atoms with E-state index in [-0.39, 0.29) is 12.0 Å². The van der Waals surface area contributed by atoms with E-state index in [4.69, 9.17) is 9.47 Å². The molecule has 1 atom stereocenters. The number of unbranched alkanes of at least 4 members (excludes halogenated alkanes) is 1. The minimum atomic E-state index is -0.586. The maximum absolute atomic E-state index is 11.9. The second-order valence-corrected chi connectivity index (χ2v) is 6.42. The van der Waals surface area contributed by atoms with E-state index in [0.29, 0.717) is 0 Å². The van der Waals surface area contributed by atoms with Gasteiger partial charge in [0.15, 0.2) is 0 Å². The molecule has 20 heavy (non-hydrogen) atoms. The molecule has 1 fully saturated rings. The highest BCUT2D eigenvalue weighted by Crippen LogP contribution is 2.32. The SMILES string of the molecule is COC(=O)C(C)(CCCCOCCC1CC1)NC(C)C. The van der Waals surface area contributed by atoms with E-state index >= 15 is 0 Å². The van der Waals surface area contributed by atoms with E-state index in [1.807, 2.05) is 20.8 Å². The molecule has 0 aliphatic heterocycles. The Bertz CT molecular complexity index is 289. The molecule has 1 unspecified atom stereocenters. The molecule has 1 N–H and O–H groups in total. The summed E-state index contributed by atoms with van der Waals surface area (Å²) in [4.78, 5) is 11.9. The topological polar surface area (TPSA) is 47.6 Å². The van der Waals surface area contributed by atoms with Crippen LogP contribution in [0.25, 0.3) is 0 Å². The van der Waals surface area contributed by atoms with Gasteiger partial charge in [-0.25, -0.2) is 0 Å². The van der Waals surface area contributed by atoms with Crippen LogP contribution in [0.2, 0.25) is 0 Å². The highest BCUT2D eigenvalue weighted by molar-refractivity contribution is 5.80. The van der Waals surface area contributed by atoms with E-state index < -0.39 is 5.54 Å². The lowest BCUT2D eigenvalue weighted by Gasteiger charge is -2.30. The van der Waals surface area contributed by atoms with Crippen LogP contribution in [0.15, 0.2) is 0 Å². The molecule has 4 heteroatoms. The molecule has 1 aliphatic rings. The fourth-order valence-electron chi connectivity index (χ4n) is 2.54. The van der Waals surface area contributed by atoms with Crippen molar-refractivity contribution in [1.82, 2.24) is 5.32 Å². The molecule has 0 radical (unpaired) electrons. The Balaban J connectivity index is 2.14. The van der Waals surface area contributed by atoms with E-state index in [1.165, 1.54) is 26.4 Å². The van der Waals surface area contributed by atoms with Crippen LogP contribution in [-0.2, 0) is 14.3 Å². The lowest BCUT2D eigenvalue weighted by molar-refractivity contribution is -0.148. The Morgan fingerprint density at radius 3 is 2.55 bits per heavy atom. The number of methoxy groups -OCH3 is 1. The summed E-state index contributed by atoms with van der Waals surface area (Å²) in [5, 5.41) is 3.32. The van der Waals surface area contributed by atoms with Crippen LogP contribution in [0.5, 0.6) is 0 Å². The van der Waals surface area contributed by atoms with E-state index in [1.54, 1.807) is 0 Å². The quantitative estimate of drug-likeness (QED) is 0.468. The number of esters is 1. The monoisotopic (exact) mass is 285 g/mol. The summed E-state index contributed by atoms with van der Waals surface area (Å²) in [7, 11) is 1.45. The van der Waals surface area contributed by atoms with Crippen molar-refractivity contribution >= 4 is 5.97 Å². The molecule has 118 valence electrons. The Hall–Kier alpha value is -0.610. The lowest BCUT2D eigenvalue weighted by atomic mass is 9.94. The van der Waals surface area contributed by atoms with E-state index in [2.05, 4.69) is 5.32 Å². The van der Waals surface area contributed by atoms with Gasteiger partial charge < -0.3 is 9.47 Å². The zero-order chi connectivity index (χ0) is 15.0. The summed E-state index contributed by atoms with van der Waals surface area (Å²) < 4.78 is 10.5. The molecular formula is C16H31NO3. The normalized spacial score (nSPS) is 18.1. The first-order chi connectivity index (χ1) is 9.48. The molecule has 1 saturated carbocycles. The highest BCUT2D eigenvalue weighted by Gasteiger charge is 2.33. The number of hydrogen-bond donors (Lipinski definition) is 1. The summed E-state index contributed by atoms with van der Waals surface area (Å²) in [6, 6.07) is 0.258. The average Bonchev–Trinajstić information content (AvgIpc) is 3.19. The third kappa shape index (κ3) is 6.71. The first-order valence-corrected chi connectivity index (χ1v) is 7.92. The molecule has 0 aromatic rings. The number of ether oxygens (including phenoxy) is 2. The molecule has 0 aromatic heterocycles. The second kappa shape index (κ2) is 8.63. The van der Waals surface area contributed by atoms with Gasteiger partial charge in [0.05, 0.1) is 7.11 Å². The number of hydrogen-bond acceptors (Lipinski definition) is 4. The predicted octanol–water partition coefficient (Wildman–Crippen LogP) is 2.90. The van der Waals surface area contributed by atoms with Gasteiger partial charge in [0.1, 0.15) is 5.54 Å². The zero-order valence-electron chi connectivity index (χ0n) is 13.5. The van der Waals surface area contributed by atoms with Crippen molar-refractivity contribution in [3.63, 3.8) is 0 Å². The van der Waals surface area contributed by atoms with Gasteiger partial charge in [0.25, 0.3) is 0 Å². The Morgan fingerprint density at radius 1 is 1.30 bits per heavy atom. The molecule has 0 aromatic carbocycles. The van der Waals surface area contributed by atoms with Crippen molar-refractivity contribution in [1.29, 1.82) is 0 Å². The van der Waals surface area contributed by atoms with Gasteiger partial charge in [-0.05, 0) is 52.4 Å². The second-order valence-electron chi connectivity index (χ2n) is 6.42. The minimum absolute atomic E-state index is 0.180. The molecule has 0 heterocycles. The maximum Gasteiger partial charge on any atom is 0.325 e. The fourth-order valence-corrected chi connectivity index (χ4v) is 2.54. The average molecular weight is 285 g/mol. The molecule has 1 rings (SSSR count). The molecule has 4 nitrogen and oxygen atoms in total. The number of rotatable bonds is 11. The minimum Gasteiger partial charge on any atom is -0.468 e. The number of carbonyl (C=O) groups excluding carboxylic acids is 1. The Labute approximate surface area is 123 Å². The van der Waals surface area contributed by atoms with Crippen LogP contribution in [0.4, 0.5) is 0 Å². The molecule has 0 saturated heterocycles. The third-order valence-corrected chi connectivity index (χ3v) is 3.83. The van der Waals surface area contributed by atoms with Gasteiger partial charge in [0.2, 0.25) is 0 Å². The molecular weight excluding hydrogens is 254 g/mol. The van der Waals surface area contributed by atoms with E-state index in [0.717, 1.165) is 38.4 Å². The van der Waals surface area contributed by atoms with Crippen molar-refractivity contribution in [3.05, 3.63) is 0 Å². The standard InChI is InChI=1S/C16H31NO3/c1-13(2)17-16(3,15(18)19-4)10-5-6-11-20-12-9-14-7-8-14/h13-14,17H,5-12H2,1-4H3. The van der Waals surface area contributed by atoms with Crippen LogP contribution in [0.3, 0.4) is 0 Å². The van der Waals surface area contributed by atoms with Crippen LogP contribution in [0, 0.1) is 5.92 Å². The predicted molar refractivity (Wildman–Crippen MR) is 80.7 cm³/mol. The summed E-state index contributed by atoms with van der Waals surface area (Å²) in [5.41, 5.74) is -0.586. The molecule has 0 spiro atoms. The van der Waals surface area contributed by atoms with Gasteiger partial charge >= 0.3 is 5.97 Å². The fraction of sp³-hybridized carbons (Fsp3) is 0.938. The summed E-state index contributed by atoms with van der Waals surface area (Å²) in [6.07, 6.45) is 6.74. The molecule has 1 aliphatic carbocycles. The van der Waals surface area contributed by atoms with Crippen molar-refractivity contribution in [3.8, 4) is 0 Å². The number of carbonyl (C=O) groups is 1. The van der Waals surface area contributed by atoms with E-state index in [9.17, 15) is 4.79 Å². The first kappa shape index (κ1) is 17.4. The first-order valence-electron chi connectivity index (χ1n) is 7.92. The summed E-state index contributed by atoms with van der Waals surface area (Å²) in [5.74, 6) is 0.758. The van der Waals surface area contributed by atoms with Crippen LogP contribution in [-0.4, -0.2) is 37.9 Å². The summed E-state index contributed by atoms with van der Waals surface area (Å²) >= 11 is 0. The van der Waals surface area contributed by atoms with Crippen LogP contribution >= 0.6 is 0 Å². The molecule has 0 bridgehead atoms. The van der Waals surface area contributed by atoms with Gasteiger partial charge in [-0.2, -0.15) is 0 Å². The Kier molecular flexibility index (Phi) is 7.52. The molecule has 0 amide bonds. The van der Waals surface area contributed by atoms with Crippen molar-refractivity contribution in [2.24, 2.45) is 5.92 Å². The van der Waals surface area contributed by atoms with Crippen LogP contribution in [0.1, 0.15) is 59.3 Å². The smallest absolute Gasteiger partial charge is 0.325 e.